The molecule has 168 valence electrons. The molecule has 0 aromatic heterocycles. The van der Waals surface area contributed by atoms with Crippen molar-refractivity contribution in [3.05, 3.63) is 59.7 Å². The Morgan fingerprint density at radius 2 is 1.75 bits per heavy atom. The van der Waals surface area contributed by atoms with Gasteiger partial charge in [-0.05, 0) is 29.2 Å². The number of morpholine rings is 1. The Labute approximate surface area is 186 Å². The molecule has 0 saturated carbocycles. The molecule has 0 bridgehead atoms. The van der Waals surface area contributed by atoms with Crippen LogP contribution in [0.3, 0.4) is 0 Å². The van der Waals surface area contributed by atoms with Gasteiger partial charge in [-0.2, -0.15) is 0 Å². The number of amides is 2. The van der Waals surface area contributed by atoms with Crippen LogP contribution in [0.4, 0.5) is 4.79 Å². The van der Waals surface area contributed by atoms with Gasteiger partial charge in [0.05, 0.1) is 19.1 Å². The van der Waals surface area contributed by atoms with Gasteiger partial charge in [0.1, 0.15) is 12.6 Å². The highest BCUT2D eigenvalue weighted by Crippen LogP contribution is 2.44. The van der Waals surface area contributed by atoms with Gasteiger partial charge in [-0.25, -0.2) is 4.79 Å². The van der Waals surface area contributed by atoms with Gasteiger partial charge in [0, 0.05) is 19.0 Å². The molecule has 1 fully saturated rings. The van der Waals surface area contributed by atoms with Crippen LogP contribution in [-0.2, 0) is 19.1 Å². The second kappa shape index (κ2) is 9.40. The monoisotopic (exact) mass is 438 g/mol. The molecule has 8 nitrogen and oxygen atoms in total. The van der Waals surface area contributed by atoms with Crippen LogP contribution in [0.1, 0.15) is 30.4 Å². The first-order valence-corrected chi connectivity index (χ1v) is 10.7. The normalized spacial score (nSPS) is 18.4. The smallest absolute Gasteiger partial charge is 0.407 e. The van der Waals surface area contributed by atoms with Crippen molar-refractivity contribution in [2.45, 2.75) is 31.4 Å². The quantitative estimate of drug-likeness (QED) is 0.718. The van der Waals surface area contributed by atoms with Gasteiger partial charge in [0.2, 0.25) is 5.91 Å². The van der Waals surface area contributed by atoms with E-state index < -0.39 is 24.2 Å². The number of alkyl carbamates (subject to hydrolysis) is 1. The summed E-state index contributed by atoms with van der Waals surface area (Å²) in [6.45, 7) is 2.55. The van der Waals surface area contributed by atoms with Gasteiger partial charge in [0.15, 0.2) is 0 Å². The largest absolute Gasteiger partial charge is 0.481 e. The number of nitrogens with one attached hydrogen (secondary N) is 1. The Morgan fingerprint density at radius 1 is 1.12 bits per heavy atom. The third-order valence-electron chi connectivity index (χ3n) is 5.90. The summed E-state index contributed by atoms with van der Waals surface area (Å²) in [5.74, 6) is -1.33. The zero-order chi connectivity index (χ0) is 22.7. The Hall–Kier alpha value is -3.39. The second-order valence-electron chi connectivity index (χ2n) is 8.07. The molecule has 1 saturated heterocycles. The maximum Gasteiger partial charge on any atom is 0.407 e. The molecule has 32 heavy (non-hydrogen) atoms. The van der Waals surface area contributed by atoms with Crippen molar-refractivity contribution in [2.75, 3.05) is 26.3 Å². The Kier molecular flexibility index (Phi) is 6.41. The number of carboxylic acids is 1. The highest BCUT2D eigenvalue weighted by atomic mass is 16.5. The number of carbonyl (C=O) groups excluding carboxylic acids is 2. The van der Waals surface area contributed by atoms with Crippen LogP contribution in [-0.4, -0.2) is 66.4 Å². The summed E-state index contributed by atoms with van der Waals surface area (Å²) in [7, 11) is 0. The number of fused-ring (bicyclic) bond motifs is 3. The third kappa shape index (κ3) is 4.60. The predicted molar refractivity (Wildman–Crippen MR) is 116 cm³/mol. The topological polar surface area (TPSA) is 105 Å². The lowest BCUT2D eigenvalue weighted by molar-refractivity contribution is -0.148. The summed E-state index contributed by atoms with van der Waals surface area (Å²) >= 11 is 0. The number of hydrogen-bond acceptors (Lipinski definition) is 5. The fourth-order valence-corrected chi connectivity index (χ4v) is 4.39. The number of nitrogens with zero attached hydrogens (tertiary/aromatic N) is 1. The van der Waals surface area contributed by atoms with Crippen molar-refractivity contribution in [2.24, 2.45) is 0 Å². The summed E-state index contributed by atoms with van der Waals surface area (Å²) in [5, 5.41) is 11.5. The maximum atomic E-state index is 12.7. The molecule has 0 spiro atoms. The van der Waals surface area contributed by atoms with Crippen LogP contribution in [0.2, 0.25) is 0 Å². The lowest BCUT2D eigenvalue weighted by Gasteiger charge is -2.33. The molecule has 1 aliphatic heterocycles. The van der Waals surface area contributed by atoms with Gasteiger partial charge < -0.3 is 24.8 Å². The fourth-order valence-electron chi connectivity index (χ4n) is 4.39. The first-order chi connectivity index (χ1) is 15.4. The molecule has 2 N–H and O–H groups in total. The SMILES string of the molecule is CC(NC(=O)OCC1c2ccccc2-c2ccccc21)C(=O)N1CCOC(CC(=O)O)C1. The number of rotatable bonds is 6. The van der Waals surface area contributed by atoms with Crippen LogP contribution in [0.25, 0.3) is 11.1 Å². The molecule has 2 unspecified atom stereocenters. The number of hydrogen-bond donors (Lipinski definition) is 2. The van der Waals surface area contributed by atoms with Crippen LogP contribution in [0, 0.1) is 0 Å². The Morgan fingerprint density at radius 3 is 2.38 bits per heavy atom. The van der Waals surface area contributed by atoms with E-state index >= 15 is 0 Å². The summed E-state index contributed by atoms with van der Waals surface area (Å²) in [5.41, 5.74) is 4.51. The molecule has 2 aromatic rings. The van der Waals surface area contributed by atoms with Crippen LogP contribution < -0.4 is 5.32 Å². The van der Waals surface area contributed by atoms with E-state index in [9.17, 15) is 14.4 Å². The van der Waals surface area contributed by atoms with Crippen molar-refractivity contribution >= 4 is 18.0 Å². The summed E-state index contributed by atoms with van der Waals surface area (Å²) in [4.78, 5) is 37.6. The molecule has 2 aromatic carbocycles. The van der Waals surface area contributed by atoms with Crippen molar-refractivity contribution in [3.8, 4) is 11.1 Å². The van der Waals surface area contributed by atoms with Crippen molar-refractivity contribution in [1.29, 1.82) is 0 Å². The molecular weight excluding hydrogens is 412 g/mol. The van der Waals surface area contributed by atoms with E-state index in [-0.39, 0.29) is 38.0 Å². The van der Waals surface area contributed by atoms with Crippen LogP contribution >= 0.6 is 0 Å². The van der Waals surface area contributed by atoms with E-state index in [0.717, 1.165) is 22.3 Å². The zero-order valence-corrected chi connectivity index (χ0v) is 17.8. The van der Waals surface area contributed by atoms with Crippen molar-refractivity contribution in [1.82, 2.24) is 10.2 Å². The van der Waals surface area contributed by atoms with Gasteiger partial charge in [-0.3, -0.25) is 9.59 Å². The molecule has 8 heteroatoms. The van der Waals surface area contributed by atoms with Gasteiger partial charge in [-0.15, -0.1) is 0 Å². The summed E-state index contributed by atoms with van der Waals surface area (Å²) in [6, 6.07) is 15.3. The Bertz CT molecular complexity index is 978. The highest BCUT2D eigenvalue weighted by Gasteiger charge is 2.31. The summed E-state index contributed by atoms with van der Waals surface area (Å²) < 4.78 is 10.9. The lowest BCUT2D eigenvalue weighted by atomic mass is 9.98. The summed E-state index contributed by atoms with van der Waals surface area (Å²) in [6.07, 6.45) is -1.38. The van der Waals surface area contributed by atoms with Crippen molar-refractivity contribution in [3.63, 3.8) is 0 Å². The van der Waals surface area contributed by atoms with Crippen molar-refractivity contribution < 1.29 is 29.0 Å². The average Bonchev–Trinajstić information content (AvgIpc) is 3.10. The number of carboxylic acid groups (broad SMARTS) is 1. The van der Waals surface area contributed by atoms with E-state index in [4.69, 9.17) is 14.6 Å². The van der Waals surface area contributed by atoms with Gasteiger partial charge in [-0.1, -0.05) is 48.5 Å². The number of ether oxygens (including phenoxy) is 2. The molecule has 1 aliphatic carbocycles. The molecule has 0 radical (unpaired) electrons. The maximum absolute atomic E-state index is 12.7. The van der Waals surface area contributed by atoms with E-state index in [1.54, 1.807) is 6.92 Å². The first kappa shape index (κ1) is 21.8. The first-order valence-electron chi connectivity index (χ1n) is 10.7. The third-order valence-corrected chi connectivity index (χ3v) is 5.90. The standard InChI is InChI=1S/C24H26N2O6/c1-15(23(29)26-10-11-31-16(13-26)12-22(27)28)25-24(30)32-14-21-19-8-4-2-6-17(19)18-7-3-5-9-20(18)21/h2-9,15-16,21H,10-14H2,1H3,(H,25,30)(H,27,28). The van der Waals surface area contributed by atoms with Gasteiger partial charge >= 0.3 is 12.1 Å². The van der Waals surface area contributed by atoms with E-state index in [0.29, 0.717) is 6.54 Å². The molecule has 2 aliphatic rings. The molecule has 4 rings (SSSR count). The minimum absolute atomic E-state index is 0.0600. The zero-order valence-electron chi connectivity index (χ0n) is 17.8. The fraction of sp³-hybridized carbons (Fsp3) is 0.375. The number of benzene rings is 2. The minimum atomic E-state index is -0.978. The number of carbonyl (C=O) groups is 3. The predicted octanol–water partition coefficient (Wildman–Crippen LogP) is 2.62. The van der Waals surface area contributed by atoms with E-state index in [1.165, 1.54) is 4.90 Å². The minimum Gasteiger partial charge on any atom is -0.481 e. The van der Waals surface area contributed by atoms with Crippen LogP contribution in [0.5, 0.6) is 0 Å². The molecule has 2 atom stereocenters. The highest BCUT2D eigenvalue weighted by molar-refractivity contribution is 5.85. The second-order valence-corrected chi connectivity index (χ2v) is 8.07. The van der Waals surface area contributed by atoms with Crippen LogP contribution in [0.15, 0.2) is 48.5 Å². The average molecular weight is 438 g/mol. The number of aliphatic carboxylic acids is 1. The Balaban J connectivity index is 1.33. The molecule has 1 heterocycles. The lowest BCUT2D eigenvalue weighted by Crippen LogP contribution is -2.53. The van der Waals surface area contributed by atoms with E-state index in [2.05, 4.69) is 17.4 Å². The van der Waals surface area contributed by atoms with Gasteiger partial charge in [0.25, 0.3) is 0 Å². The molecular formula is C24H26N2O6. The molecule has 2 amide bonds. The van der Waals surface area contributed by atoms with E-state index in [1.807, 2.05) is 36.4 Å².